The van der Waals surface area contributed by atoms with Gasteiger partial charge in [0.15, 0.2) is 5.69 Å². The number of methoxy groups -OCH3 is 1. The maximum atomic E-state index is 11.9. The number of hydrogen-bond acceptors (Lipinski definition) is 7. The van der Waals surface area contributed by atoms with E-state index in [1.54, 1.807) is 12.1 Å². The second-order valence-electron chi connectivity index (χ2n) is 5.64. The first-order chi connectivity index (χ1) is 12.0. The Kier molecular flexibility index (Phi) is 4.80. The SMILES string of the molecule is COC(=O)c1nc(C2CC2)nc(NCc2cccc([N+](=O)[O-])c2)c1Cl. The van der Waals surface area contributed by atoms with Crippen molar-refractivity contribution in [3.8, 4) is 0 Å². The average Bonchev–Trinajstić information content (AvgIpc) is 3.45. The number of carbonyl (C=O) groups is 1. The van der Waals surface area contributed by atoms with E-state index >= 15 is 0 Å². The van der Waals surface area contributed by atoms with Crippen LogP contribution in [0.4, 0.5) is 11.5 Å². The lowest BCUT2D eigenvalue weighted by atomic mass is 10.2. The summed E-state index contributed by atoms with van der Waals surface area (Å²) in [5.74, 6) is 0.448. The Labute approximate surface area is 148 Å². The second kappa shape index (κ2) is 7.02. The van der Waals surface area contributed by atoms with Crippen molar-refractivity contribution in [2.45, 2.75) is 25.3 Å². The van der Waals surface area contributed by atoms with Crippen LogP contribution in [0.1, 0.15) is 40.6 Å². The molecule has 1 aliphatic rings. The molecular weight excluding hydrogens is 348 g/mol. The zero-order valence-electron chi connectivity index (χ0n) is 13.4. The van der Waals surface area contributed by atoms with Gasteiger partial charge in [-0.05, 0) is 18.4 Å². The molecule has 0 spiro atoms. The van der Waals surface area contributed by atoms with Gasteiger partial charge in [0.05, 0.1) is 12.0 Å². The number of nitrogens with zero attached hydrogens (tertiary/aromatic N) is 3. The Morgan fingerprint density at radius 2 is 2.20 bits per heavy atom. The van der Waals surface area contributed by atoms with E-state index in [0.29, 0.717) is 17.2 Å². The van der Waals surface area contributed by atoms with Gasteiger partial charge in [-0.15, -0.1) is 0 Å². The number of esters is 1. The highest BCUT2D eigenvalue weighted by atomic mass is 35.5. The molecule has 0 bridgehead atoms. The molecule has 1 heterocycles. The fourth-order valence-corrected chi connectivity index (χ4v) is 2.53. The van der Waals surface area contributed by atoms with Crippen LogP contribution >= 0.6 is 11.6 Å². The number of nitrogens with one attached hydrogen (secondary N) is 1. The fraction of sp³-hybridized carbons (Fsp3) is 0.312. The zero-order chi connectivity index (χ0) is 18.0. The van der Waals surface area contributed by atoms with Crippen LogP contribution in [0.2, 0.25) is 5.02 Å². The number of nitro benzene ring substituents is 1. The summed E-state index contributed by atoms with van der Waals surface area (Å²) in [6.07, 6.45) is 1.93. The topological polar surface area (TPSA) is 107 Å². The molecule has 1 fully saturated rings. The molecule has 0 atom stereocenters. The molecule has 3 rings (SSSR count). The van der Waals surface area contributed by atoms with Gasteiger partial charge in [0.2, 0.25) is 0 Å². The average molecular weight is 363 g/mol. The molecule has 1 aliphatic carbocycles. The highest BCUT2D eigenvalue weighted by molar-refractivity contribution is 6.35. The summed E-state index contributed by atoms with van der Waals surface area (Å²) in [6, 6.07) is 6.23. The number of nitro groups is 1. The van der Waals surface area contributed by atoms with Crippen molar-refractivity contribution in [1.82, 2.24) is 9.97 Å². The first-order valence-electron chi connectivity index (χ1n) is 7.62. The van der Waals surface area contributed by atoms with Crippen LogP contribution in [-0.2, 0) is 11.3 Å². The Balaban J connectivity index is 1.86. The van der Waals surface area contributed by atoms with E-state index in [9.17, 15) is 14.9 Å². The van der Waals surface area contributed by atoms with Crippen LogP contribution in [0.15, 0.2) is 24.3 Å². The third kappa shape index (κ3) is 3.85. The zero-order valence-corrected chi connectivity index (χ0v) is 14.1. The van der Waals surface area contributed by atoms with E-state index in [0.717, 1.165) is 12.8 Å². The number of rotatable bonds is 6. The molecule has 130 valence electrons. The van der Waals surface area contributed by atoms with Crippen LogP contribution in [0.3, 0.4) is 0 Å². The van der Waals surface area contributed by atoms with Gasteiger partial charge in [0.1, 0.15) is 16.7 Å². The molecule has 1 N–H and O–H groups in total. The number of halogens is 1. The summed E-state index contributed by atoms with van der Waals surface area (Å²) in [6.45, 7) is 0.267. The summed E-state index contributed by atoms with van der Waals surface area (Å²) < 4.78 is 4.72. The lowest BCUT2D eigenvalue weighted by molar-refractivity contribution is -0.384. The summed E-state index contributed by atoms with van der Waals surface area (Å²) in [4.78, 5) is 30.9. The molecule has 9 heteroatoms. The predicted molar refractivity (Wildman–Crippen MR) is 90.8 cm³/mol. The lowest BCUT2D eigenvalue weighted by Gasteiger charge is -2.12. The minimum atomic E-state index is -0.632. The highest BCUT2D eigenvalue weighted by Crippen LogP contribution is 2.39. The largest absolute Gasteiger partial charge is 0.464 e. The molecule has 25 heavy (non-hydrogen) atoms. The molecular formula is C16H15ClN4O4. The monoisotopic (exact) mass is 362 g/mol. The van der Waals surface area contributed by atoms with Crippen LogP contribution in [0.25, 0.3) is 0 Å². The third-order valence-electron chi connectivity index (χ3n) is 3.77. The van der Waals surface area contributed by atoms with Gasteiger partial charge in [0, 0.05) is 24.6 Å². The quantitative estimate of drug-likeness (QED) is 0.477. The number of ether oxygens (including phenoxy) is 1. The lowest BCUT2D eigenvalue weighted by Crippen LogP contribution is -2.12. The van der Waals surface area contributed by atoms with Crippen molar-refractivity contribution in [1.29, 1.82) is 0 Å². The molecule has 1 aromatic carbocycles. The normalized spacial score (nSPS) is 13.4. The standard InChI is InChI=1S/C16H15ClN4O4/c1-25-16(22)13-12(17)15(20-14(19-13)10-5-6-10)18-8-9-3-2-4-11(7-9)21(23)24/h2-4,7,10H,5-6,8H2,1H3,(H,18,19,20). The summed E-state index contributed by atoms with van der Waals surface area (Å²) >= 11 is 6.23. The van der Waals surface area contributed by atoms with Crippen molar-refractivity contribution >= 4 is 29.1 Å². The van der Waals surface area contributed by atoms with Gasteiger partial charge in [-0.2, -0.15) is 0 Å². The predicted octanol–water partition coefficient (Wildman–Crippen LogP) is 3.31. The van der Waals surface area contributed by atoms with Crippen LogP contribution in [0, 0.1) is 10.1 Å². The Hall–Kier alpha value is -2.74. The van der Waals surface area contributed by atoms with Crippen LogP contribution in [0.5, 0.6) is 0 Å². The molecule has 0 aliphatic heterocycles. The third-order valence-corrected chi connectivity index (χ3v) is 4.13. The van der Waals surface area contributed by atoms with Gasteiger partial charge in [-0.25, -0.2) is 14.8 Å². The maximum absolute atomic E-state index is 11.9. The molecule has 0 saturated heterocycles. The van der Waals surface area contributed by atoms with Crippen molar-refractivity contribution in [3.05, 3.63) is 56.5 Å². The van der Waals surface area contributed by atoms with E-state index < -0.39 is 10.9 Å². The van der Waals surface area contributed by atoms with Gasteiger partial charge in [0.25, 0.3) is 5.69 Å². The van der Waals surface area contributed by atoms with Crippen molar-refractivity contribution < 1.29 is 14.5 Å². The van der Waals surface area contributed by atoms with Gasteiger partial charge >= 0.3 is 5.97 Å². The molecule has 0 amide bonds. The Morgan fingerprint density at radius 1 is 1.44 bits per heavy atom. The Bertz CT molecular complexity index is 839. The number of carbonyl (C=O) groups excluding carboxylic acids is 1. The highest BCUT2D eigenvalue weighted by Gasteiger charge is 2.30. The van der Waals surface area contributed by atoms with E-state index in [4.69, 9.17) is 16.3 Å². The number of hydrogen-bond donors (Lipinski definition) is 1. The first-order valence-corrected chi connectivity index (χ1v) is 8.00. The van der Waals surface area contributed by atoms with Gasteiger partial charge < -0.3 is 10.1 Å². The van der Waals surface area contributed by atoms with Crippen molar-refractivity contribution in [2.75, 3.05) is 12.4 Å². The Morgan fingerprint density at radius 3 is 2.84 bits per heavy atom. The molecule has 1 saturated carbocycles. The van der Waals surface area contributed by atoms with Crippen molar-refractivity contribution in [2.24, 2.45) is 0 Å². The number of non-ortho nitro benzene ring substituents is 1. The first kappa shape index (κ1) is 17.1. The van der Waals surface area contributed by atoms with E-state index in [1.165, 1.54) is 19.2 Å². The van der Waals surface area contributed by atoms with Gasteiger partial charge in [-0.1, -0.05) is 23.7 Å². The molecule has 8 nitrogen and oxygen atoms in total. The second-order valence-corrected chi connectivity index (χ2v) is 6.02. The molecule has 0 radical (unpaired) electrons. The summed E-state index contributed by atoms with van der Waals surface area (Å²) in [5, 5.41) is 13.9. The van der Waals surface area contributed by atoms with E-state index in [-0.39, 0.29) is 28.9 Å². The van der Waals surface area contributed by atoms with Crippen LogP contribution < -0.4 is 5.32 Å². The molecule has 2 aromatic rings. The minimum absolute atomic E-state index is 0.00186. The number of aromatic nitrogens is 2. The maximum Gasteiger partial charge on any atom is 0.358 e. The van der Waals surface area contributed by atoms with E-state index in [2.05, 4.69) is 15.3 Å². The summed E-state index contributed by atoms with van der Waals surface area (Å²) in [7, 11) is 1.26. The smallest absolute Gasteiger partial charge is 0.358 e. The minimum Gasteiger partial charge on any atom is -0.464 e. The van der Waals surface area contributed by atoms with Crippen molar-refractivity contribution in [3.63, 3.8) is 0 Å². The van der Waals surface area contributed by atoms with Crippen LogP contribution in [-0.4, -0.2) is 28.0 Å². The molecule has 0 unspecified atom stereocenters. The number of anilines is 1. The van der Waals surface area contributed by atoms with E-state index in [1.807, 2.05) is 0 Å². The summed E-state index contributed by atoms with van der Waals surface area (Å²) in [5.41, 5.74) is 0.709. The fourth-order valence-electron chi connectivity index (χ4n) is 2.30. The van der Waals surface area contributed by atoms with Gasteiger partial charge in [-0.3, -0.25) is 10.1 Å². The molecule has 1 aromatic heterocycles. The number of benzene rings is 1.